The van der Waals surface area contributed by atoms with Gasteiger partial charge >= 0.3 is 12.4 Å². The van der Waals surface area contributed by atoms with Gasteiger partial charge in [-0.15, -0.1) is 0 Å². The van der Waals surface area contributed by atoms with E-state index in [0.29, 0.717) is 30.5 Å². The maximum Gasteiger partial charge on any atom is 0.416 e. The van der Waals surface area contributed by atoms with E-state index in [1.54, 1.807) is 0 Å². The Morgan fingerprint density at radius 3 is 1.95 bits per heavy atom. The number of rotatable bonds is 7. The number of nitrogens with zero attached hydrogens (tertiary/aromatic N) is 2. The van der Waals surface area contributed by atoms with Gasteiger partial charge in [0, 0.05) is 18.9 Å². The maximum absolute atomic E-state index is 13.0. The van der Waals surface area contributed by atoms with Crippen molar-refractivity contribution in [1.29, 1.82) is 0 Å². The molecule has 0 saturated heterocycles. The summed E-state index contributed by atoms with van der Waals surface area (Å²) in [6.07, 6.45) is -5.17. The van der Waals surface area contributed by atoms with Crippen molar-refractivity contribution in [2.75, 3.05) is 0 Å². The molecule has 1 aromatic heterocycles. The highest BCUT2D eigenvalue weighted by molar-refractivity contribution is 6.00. The summed E-state index contributed by atoms with van der Waals surface area (Å²) in [5.41, 5.74) is -3.23. The van der Waals surface area contributed by atoms with Crippen molar-refractivity contribution in [3.05, 3.63) is 83.4 Å². The summed E-state index contributed by atoms with van der Waals surface area (Å²) in [5.74, 6) is -1.52. The van der Waals surface area contributed by atoms with Gasteiger partial charge in [-0.2, -0.15) is 26.3 Å². The van der Waals surface area contributed by atoms with Crippen LogP contribution in [0.5, 0.6) is 11.5 Å². The SMILES string of the molecule is O=C(NC1(C(=O)NCc2ccc(Oc3cc(C(F)(F)F)cc(C(F)(F)F)c3)cc2)CC1)c1cncnc1. The van der Waals surface area contributed by atoms with Crippen molar-refractivity contribution in [3.8, 4) is 11.5 Å². The van der Waals surface area contributed by atoms with Crippen LogP contribution >= 0.6 is 0 Å². The zero-order chi connectivity index (χ0) is 26.8. The molecular weight excluding hydrogens is 506 g/mol. The molecule has 2 N–H and O–H groups in total. The summed E-state index contributed by atoms with van der Waals surface area (Å²) < 4.78 is 83.5. The monoisotopic (exact) mass is 524 g/mol. The van der Waals surface area contributed by atoms with E-state index in [9.17, 15) is 35.9 Å². The molecule has 0 bridgehead atoms. The highest BCUT2D eigenvalue weighted by Gasteiger charge is 2.51. The number of carbonyl (C=O) groups is 2. The second-order valence-electron chi connectivity index (χ2n) is 8.33. The van der Waals surface area contributed by atoms with Gasteiger partial charge in [0.25, 0.3) is 5.91 Å². The quantitative estimate of drug-likeness (QED) is 0.430. The third-order valence-electron chi connectivity index (χ3n) is 5.53. The van der Waals surface area contributed by atoms with Gasteiger partial charge in [-0.25, -0.2) is 9.97 Å². The number of halogens is 6. The molecule has 194 valence electrons. The molecule has 0 spiro atoms. The fourth-order valence-corrected chi connectivity index (χ4v) is 3.39. The van der Waals surface area contributed by atoms with Crippen LogP contribution in [0.2, 0.25) is 0 Å². The predicted molar refractivity (Wildman–Crippen MR) is 116 cm³/mol. The van der Waals surface area contributed by atoms with Crippen molar-refractivity contribution >= 4 is 11.8 Å². The third kappa shape index (κ3) is 6.35. The van der Waals surface area contributed by atoms with E-state index >= 15 is 0 Å². The number of aromatic nitrogens is 2. The molecule has 1 aliphatic carbocycles. The van der Waals surface area contributed by atoms with Gasteiger partial charge in [-0.05, 0) is 48.7 Å². The molecule has 2 amide bonds. The summed E-state index contributed by atoms with van der Waals surface area (Å²) in [6.45, 7) is 0.0625. The van der Waals surface area contributed by atoms with Crippen LogP contribution in [-0.2, 0) is 23.7 Å². The molecule has 0 aliphatic heterocycles. The molecule has 1 fully saturated rings. The van der Waals surface area contributed by atoms with E-state index in [4.69, 9.17) is 4.74 Å². The van der Waals surface area contributed by atoms with Gasteiger partial charge in [-0.1, -0.05) is 12.1 Å². The van der Waals surface area contributed by atoms with E-state index in [2.05, 4.69) is 20.6 Å². The van der Waals surface area contributed by atoms with Crippen molar-refractivity contribution < 1.29 is 40.7 Å². The van der Waals surface area contributed by atoms with Crippen LogP contribution in [0, 0.1) is 0 Å². The van der Waals surface area contributed by atoms with Crippen LogP contribution in [0.1, 0.15) is 39.9 Å². The van der Waals surface area contributed by atoms with Crippen LogP contribution in [-0.4, -0.2) is 27.3 Å². The molecule has 37 heavy (non-hydrogen) atoms. The first-order chi connectivity index (χ1) is 17.4. The lowest BCUT2D eigenvalue weighted by Gasteiger charge is -2.17. The summed E-state index contributed by atoms with van der Waals surface area (Å²) in [5, 5.41) is 5.38. The third-order valence-corrected chi connectivity index (χ3v) is 5.53. The number of alkyl halides is 6. The number of benzene rings is 2. The van der Waals surface area contributed by atoms with Gasteiger partial charge in [0.2, 0.25) is 5.91 Å². The second kappa shape index (κ2) is 9.71. The van der Waals surface area contributed by atoms with Crippen LogP contribution < -0.4 is 15.4 Å². The molecule has 3 aromatic rings. The average molecular weight is 524 g/mol. The van der Waals surface area contributed by atoms with E-state index in [-0.39, 0.29) is 23.9 Å². The van der Waals surface area contributed by atoms with Crippen LogP contribution in [0.15, 0.2) is 61.2 Å². The van der Waals surface area contributed by atoms with E-state index in [1.807, 2.05) is 0 Å². The number of amides is 2. The first-order valence-corrected chi connectivity index (χ1v) is 10.8. The minimum absolute atomic E-state index is 0.00136. The summed E-state index contributed by atoms with van der Waals surface area (Å²) in [4.78, 5) is 32.5. The van der Waals surface area contributed by atoms with Gasteiger partial charge in [-0.3, -0.25) is 9.59 Å². The molecule has 7 nitrogen and oxygen atoms in total. The molecule has 1 heterocycles. The number of carbonyl (C=O) groups excluding carboxylic acids is 2. The lowest BCUT2D eigenvalue weighted by molar-refractivity contribution is -0.143. The molecule has 1 aliphatic rings. The fourth-order valence-electron chi connectivity index (χ4n) is 3.39. The zero-order valence-corrected chi connectivity index (χ0v) is 18.8. The average Bonchev–Trinajstić information content (AvgIpc) is 3.63. The Bertz CT molecular complexity index is 1260. The highest BCUT2D eigenvalue weighted by Crippen LogP contribution is 2.39. The number of nitrogens with one attached hydrogen (secondary N) is 2. The van der Waals surface area contributed by atoms with E-state index < -0.39 is 46.6 Å². The number of ether oxygens (including phenoxy) is 1. The molecular formula is C24H18F6N4O3. The fraction of sp³-hybridized carbons (Fsp3) is 0.250. The van der Waals surface area contributed by atoms with Crippen LogP contribution in [0.4, 0.5) is 26.3 Å². The molecule has 0 radical (unpaired) electrons. The molecule has 4 rings (SSSR count). The second-order valence-corrected chi connectivity index (χ2v) is 8.33. The largest absolute Gasteiger partial charge is 0.457 e. The smallest absolute Gasteiger partial charge is 0.416 e. The van der Waals surface area contributed by atoms with Gasteiger partial charge < -0.3 is 15.4 Å². The van der Waals surface area contributed by atoms with Crippen molar-refractivity contribution in [2.45, 2.75) is 37.3 Å². The molecule has 13 heteroatoms. The number of hydrogen-bond donors (Lipinski definition) is 2. The number of hydrogen-bond acceptors (Lipinski definition) is 5. The Labute approximate surface area is 205 Å². The summed E-state index contributed by atoms with van der Waals surface area (Å²) in [6, 6.07) is 6.66. The maximum atomic E-state index is 13.0. The van der Waals surface area contributed by atoms with E-state index in [1.165, 1.54) is 43.0 Å². The normalized spacial score (nSPS) is 14.5. The topological polar surface area (TPSA) is 93.2 Å². The minimum atomic E-state index is -4.99. The standard InChI is InChI=1S/C24H18F6N4O3/c25-23(26,27)16-7-17(24(28,29)30)9-19(8-16)37-18-3-1-14(2-4-18)10-33-21(36)22(5-6-22)34-20(35)15-11-31-13-32-12-15/h1-4,7-9,11-13H,5-6,10H2,(H,33,36)(H,34,35). The van der Waals surface area contributed by atoms with Crippen LogP contribution in [0.25, 0.3) is 0 Å². The lowest BCUT2D eigenvalue weighted by atomic mass is 10.1. The predicted octanol–water partition coefficient (Wildman–Crippen LogP) is 4.89. The first-order valence-electron chi connectivity index (χ1n) is 10.8. The summed E-state index contributed by atoms with van der Waals surface area (Å²) >= 11 is 0. The first kappa shape index (κ1) is 25.9. The van der Waals surface area contributed by atoms with Crippen LogP contribution in [0.3, 0.4) is 0 Å². The minimum Gasteiger partial charge on any atom is -0.457 e. The zero-order valence-electron chi connectivity index (χ0n) is 18.8. The molecule has 1 saturated carbocycles. The Kier molecular flexibility index (Phi) is 6.80. The van der Waals surface area contributed by atoms with Gasteiger partial charge in [0.05, 0.1) is 16.7 Å². The van der Waals surface area contributed by atoms with Crippen molar-refractivity contribution in [3.63, 3.8) is 0 Å². The van der Waals surface area contributed by atoms with Gasteiger partial charge in [0.1, 0.15) is 23.4 Å². The molecule has 0 unspecified atom stereocenters. The molecule has 2 aromatic carbocycles. The molecule has 0 atom stereocenters. The Hall–Kier alpha value is -4.16. The Morgan fingerprint density at radius 2 is 1.43 bits per heavy atom. The highest BCUT2D eigenvalue weighted by atomic mass is 19.4. The lowest BCUT2D eigenvalue weighted by Crippen LogP contribution is -2.48. The Balaban J connectivity index is 1.38. The van der Waals surface area contributed by atoms with Crippen molar-refractivity contribution in [1.82, 2.24) is 20.6 Å². The summed E-state index contributed by atoms with van der Waals surface area (Å²) in [7, 11) is 0. The van der Waals surface area contributed by atoms with Gasteiger partial charge in [0.15, 0.2) is 0 Å². The Morgan fingerprint density at radius 1 is 0.865 bits per heavy atom. The van der Waals surface area contributed by atoms with E-state index in [0.717, 1.165) is 0 Å². The van der Waals surface area contributed by atoms with Crippen molar-refractivity contribution in [2.24, 2.45) is 0 Å².